The lowest BCUT2D eigenvalue weighted by atomic mass is 9.99. The van der Waals surface area contributed by atoms with Gasteiger partial charge >= 0.3 is 5.97 Å². The maximum atomic E-state index is 11.7. The predicted molar refractivity (Wildman–Crippen MR) is 67.9 cm³/mol. The summed E-state index contributed by atoms with van der Waals surface area (Å²) in [6.07, 6.45) is 3.57. The maximum Gasteiger partial charge on any atom is 0.317 e. The van der Waals surface area contributed by atoms with Crippen LogP contribution in [-0.4, -0.2) is 17.6 Å². The summed E-state index contributed by atoms with van der Waals surface area (Å²) in [7, 11) is 3.35. The second kappa shape index (κ2) is 4.45. The molecule has 1 atom stereocenters. The molecule has 88 valence electrons. The standard InChI is InChI=1S/C14H15NO2/c1-4-10(14(16)17-3)12-9-15(2)13-8-6-5-7-11(12)13/h4-10H,1H2,2-3H3. The van der Waals surface area contributed by atoms with E-state index in [1.807, 2.05) is 42.1 Å². The summed E-state index contributed by atoms with van der Waals surface area (Å²) in [5.74, 6) is -0.692. The highest BCUT2D eigenvalue weighted by atomic mass is 16.5. The molecule has 2 aromatic rings. The summed E-state index contributed by atoms with van der Waals surface area (Å²) in [6.45, 7) is 3.71. The fourth-order valence-corrected chi connectivity index (χ4v) is 2.10. The minimum absolute atomic E-state index is 0.281. The van der Waals surface area contributed by atoms with Crippen molar-refractivity contribution in [3.63, 3.8) is 0 Å². The Morgan fingerprint density at radius 1 is 1.47 bits per heavy atom. The second-order valence-electron chi connectivity index (χ2n) is 3.95. The van der Waals surface area contributed by atoms with Gasteiger partial charge in [0, 0.05) is 24.1 Å². The lowest BCUT2D eigenvalue weighted by molar-refractivity contribution is -0.141. The first-order valence-corrected chi connectivity index (χ1v) is 5.43. The number of hydrogen-bond acceptors (Lipinski definition) is 2. The van der Waals surface area contributed by atoms with Crippen molar-refractivity contribution in [1.29, 1.82) is 0 Å². The lowest BCUT2D eigenvalue weighted by Crippen LogP contribution is -2.11. The van der Waals surface area contributed by atoms with E-state index >= 15 is 0 Å². The van der Waals surface area contributed by atoms with Crippen molar-refractivity contribution in [1.82, 2.24) is 4.57 Å². The molecule has 0 fully saturated rings. The highest BCUT2D eigenvalue weighted by Gasteiger charge is 2.21. The van der Waals surface area contributed by atoms with E-state index in [9.17, 15) is 4.79 Å². The molecule has 1 aromatic carbocycles. The fourth-order valence-electron chi connectivity index (χ4n) is 2.10. The molecule has 1 heterocycles. The van der Waals surface area contributed by atoms with Gasteiger partial charge in [0.1, 0.15) is 5.92 Å². The third-order valence-electron chi connectivity index (χ3n) is 2.95. The lowest BCUT2D eigenvalue weighted by Gasteiger charge is -2.08. The molecule has 17 heavy (non-hydrogen) atoms. The third kappa shape index (κ3) is 1.84. The number of aryl methyl sites for hydroxylation is 1. The van der Waals surface area contributed by atoms with Crippen LogP contribution in [0.1, 0.15) is 11.5 Å². The number of methoxy groups -OCH3 is 1. The Morgan fingerprint density at radius 2 is 2.18 bits per heavy atom. The Labute approximate surface area is 100 Å². The van der Waals surface area contributed by atoms with Gasteiger partial charge in [-0.25, -0.2) is 0 Å². The SMILES string of the molecule is C=CC(C(=O)OC)c1cn(C)c2ccccc12. The predicted octanol–water partition coefficient (Wildman–Crippen LogP) is 2.62. The summed E-state index contributed by atoms with van der Waals surface area (Å²) in [5.41, 5.74) is 2.03. The van der Waals surface area contributed by atoms with Gasteiger partial charge in [0.25, 0.3) is 0 Å². The van der Waals surface area contributed by atoms with Crippen LogP contribution in [0.2, 0.25) is 0 Å². The number of carbonyl (C=O) groups excluding carboxylic acids is 1. The molecule has 0 spiro atoms. The van der Waals surface area contributed by atoms with Gasteiger partial charge in [0.15, 0.2) is 0 Å². The average molecular weight is 229 g/mol. The molecule has 1 aromatic heterocycles. The normalized spacial score (nSPS) is 12.4. The number of esters is 1. The fraction of sp³-hybridized carbons (Fsp3) is 0.214. The van der Waals surface area contributed by atoms with Crippen LogP contribution in [0.15, 0.2) is 43.1 Å². The van der Waals surface area contributed by atoms with Crippen molar-refractivity contribution < 1.29 is 9.53 Å². The van der Waals surface area contributed by atoms with E-state index in [-0.39, 0.29) is 5.97 Å². The summed E-state index contributed by atoms with van der Waals surface area (Å²) in [6, 6.07) is 7.97. The third-order valence-corrected chi connectivity index (χ3v) is 2.95. The zero-order chi connectivity index (χ0) is 12.4. The van der Waals surface area contributed by atoms with Crippen molar-refractivity contribution >= 4 is 16.9 Å². The van der Waals surface area contributed by atoms with Gasteiger partial charge in [0.2, 0.25) is 0 Å². The minimum atomic E-state index is -0.411. The number of fused-ring (bicyclic) bond motifs is 1. The average Bonchev–Trinajstić information content (AvgIpc) is 2.68. The number of ether oxygens (including phenoxy) is 1. The van der Waals surface area contributed by atoms with Gasteiger partial charge in [-0.2, -0.15) is 0 Å². The number of benzene rings is 1. The molecule has 0 N–H and O–H groups in total. The molecule has 0 bridgehead atoms. The number of aromatic nitrogens is 1. The topological polar surface area (TPSA) is 31.2 Å². The van der Waals surface area contributed by atoms with Gasteiger partial charge in [0.05, 0.1) is 7.11 Å². The number of rotatable bonds is 3. The quantitative estimate of drug-likeness (QED) is 0.598. The molecule has 0 aliphatic heterocycles. The van der Waals surface area contributed by atoms with Crippen LogP contribution in [0.5, 0.6) is 0 Å². The summed E-state index contributed by atoms with van der Waals surface area (Å²) in [4.78, 5) is 11.7. The van der Waals surface area contributed by atoms with Gasteiger partial charge in [-0.1, -0.05) is 24.3 Å². The van der Waals surface area contributed by atoms with Gasteiger partial charge < -0.3 is 9.30 Å². The van der Waals surface area contributed by atoms with Crippen LogP contribution >= 0.6 is 0 Å². The highest BCUT2D eigenvalue weighted by Crippen LogP contribution is 2.28. The zero-order valence-corrected chi connectivity index (χ0v) is 10.0. The van der Waals surface area contributed by atoms with E-state index in [2.05, 4.69) is 6.58 Å². The molecule has 1 unspecified atom stereocenters. The van der Waals surface area contributed by atoms with Crippen LogP contribution in [-0.2, 0) is 16.6 Å². The molecule has 3 nitrogen and oxygen atoms in total. The molecule has 0 radical (unpaired) electrons. The van der Waals surface area contributed by atoms with E-state index in [0.717, 1.165) is 16.5 Å². The van der Waals surface area contributed by atoms with Crippen LogP contribution in [0.25, 0.3) is 10.9 Å². The molecule has 0 aliphatic carbocycles. The molecular weight excluding hydrogens is 214 g/mol. The maximum absolute atomic E-state index is 11.7. The smallest absolute Gasteiger partial charge is 0.317 e. The number of para-hydroxylation sites is 1. The highest BCUT2D eigenvalue weighted by molar-refractivity contribution is 5.91. The molecule has 0 amide bonds. The molecular formula is C14H15NO2. The number of carbonyl (C=O) groups is 1. The Balaban J connectivity index is 2.62. The first kappa shape index (κ1) is 11.5. The zero-order valence-electron chi connectivity index (χ0n) is 10.0. The van der Waals surface area contributed by atoms with E-state index in [1.54, 1.807) is 6.08 Å². The van der Waals surface area contributed by atoms with Crippen LogP contribution < -0.4 is 0 Å². The Bertz CT molecular complexity index is 569. The Morgan fingerprint density at radius 3 is 2.82 bits per heavy atom. The van der Waals surface area contributed by atoms with E-state index in [1.165, 1.54) is 7.11 Å². The van der Waals surface area contributed by atoms with Gasteiger partial charge in [-0.05, 0) is 11.6 Å². The summed E-state index contributed by atoms with van der Waals surface area (Å²) >= 11 is 0. The molecule has 0 aliphatic rings. The minimum Gasteiger partial charge on any atom is -0.468 e. The molecule has 0 saturated carbocycles. The first-order valence-electron chi connectivity index (χ1n) is 5.43. The Kier molecular flexibility index (Phi) is 3.00. The Hall–Kier alpha value is -2.03. The van der Waals surface area contributed by atoms with E-state index in [4.69, 9.17) is 4.74 Å². The second-order valence-corrected chi connectivity index (χ2v) is 3.95. The van der Waals surface area contributed by atoms with Crippen molar-refractivity contribution in [2.75, 3.05) is 7.11 Å². The summed E-state index contributed by atoms with van der Waals surface area (Å²) < 4.78 is 6.80. The van der Waals surface area contributed by atoms with Crippen LogP contribution in [0.4, 0.5) is 0 Å². The first-order chi connectivity index (χ1) is 8.19. The molecule has 2 rings (SSSR count). The molecule has 3 heteroatoms. The van der Waals surface area contributed by atoms with Crippen molar-refractivity contribution in [3.8, 4) is 0 Å². The van der Waals surface area contributed by atoms with E-state index in [0.29, 0.717) is 0 Å². The van der Waals surface area contributed by atoms with E-state index < -0.39 is 5.92 Å². The van der Waals surface area contributed by atoms with Gasteiger partial charge in [-0.3, -0.25) is 4.79 Å². The van der Waals surface area contributed by atoms with Crippen LogP contribution in [0, 0.1) is 0 Å². The van der Waals surface area contributed by atoms with Crippen molar-refractivity contribution in [3.05, 3.63) is 48.7 Å². The summed E-state index contributed by atoms with van der Waals surface area (Å²) in [5, 5.41) is 1.06. The number of hydrogen-bond donors (Lipinski definition) is 0. The van der Waals surface area contributed by atoms with Crippen LogP contribution in [0.3, 0.4) is 0 Å². The van der Waals surface area contributed by atoms with Crippen molar-refractivity contribution in [2.24, 2.45) is 7.05 Å². The van der Waals surface area contributed by atoms with Crippen molar-refractivity contribution in [2.45, 2.75) is 5.92 Å². The van der Waals surface area contributed by atoms with Gasteiger partial charge in [-0.15, -0.1) is 6.58 Å². The molecule has 0 saturated heterocycles. The monoisotopic (exact) mass is 229 g/mol. The number of nitrogens with zero attached hydrogens (tertiary/aromatic N) is 1. The largest absolute Gasteiger partial charge is 0.468 e.